The summed E-state index contributed by atoms with van der Waals surface area (Å²) in [6.45, 7) is 2.66. The Kier molecular flexibility index (Phi) is 6.08. The van der Waals surface area contributed by atoms with Gasteiger partial charge in [0.25, 0.3) is 0 Å². The molecule has 1 atom stereocenters. The lowest BCUT2D eigenvalue weighted by atomic mass is 10.0. The quantitative estimate of drug-likeness (QED) is 0.787. The van der Waals surface area contributed by atoms with Crippen LogP contribution >= 0.6 is 27.3 Å². The standard InChI is InChI=1S/C16H20BrNO2S/c1-3-13(18)6-11-7-14(19-2)4-5-16(11)20-9-15-8-12(17)10-21-15/h4-5,7-8,10,13H,3,6,9,18H2,1-2H3. The second-order valence-electron chi connectivity index (χ2n) is 4.87. The number of thiophene rings is 1. The third-order valence-electron chi connectivity index (χ3n) is 3.27. The molecule has 0 bridgehead atoms. The minimum atomic E-state index is 0.135. The van der Waals surface area contributed by atoms with Crippen molar-refractivity contribution in [2.45, 2.75) is 32.4 Å². The Morgan fingerprint density at radius 2 is 2.14 bits per heavy atom. The fourth-order valence-electron chi connectivity index (χ4n) is 1.99. The van der Waals surface area contributed by atoms with Gasteiger partial charge in [-0.2, -0.15) is 0 Å². The zero-order valence-electron chi connectivity index (χ0n) is 12.3. The molecule has 0 fully saturated rings. The van der Waals surface area contributed by atoms with Gasteiger partial charge in [0.15, 0.2) is 0 Å². The van der Waals surface area contributed by atoms with Crippen LogP contribution in [-0.4, -0.2) is 13.2 Å². The summed E-state index contributed by atoms with van der Waals surface area (Å²) in [5.41, 5.74) is 7.17. The summed E-state index contributed by atoms with van der Waals surface area (Å²) in [4.78, 5) is 1.18. The number of nitrogens with two attached hydrogens (primary N) is 1. The summed E-state index contributed by atoms with van der Waals surface area (Å²) >= 11 is 5.14. The molecule has 0 aliphatic rings. The SMILES string of the molecule is CCC(N)Cc1cc(OC)ccc1OCc1cc(Br)cs1. The van der Waals surface area contributed by atoms with Crippen LogP contribution in [-0.2, 0) is 13.0 Å². The maximum atomic E-state index is 6.08. The number of methoxy groups -OCH3 is 1. The van der Waals surface area contributed by atoms with Gasteiger partial charge in [0.1, 0.15) is 18.1 Å². The Morgan fingerprint density at radius 3 is 2.76 bits per heavy atom. The molecule has 0 radical (unpaired) electrons. The van der Waals surface area contributed by atoms with Crippen molar-refractivity contribution in [2.75, 3.05) is 7.11 Å². The van der Waals surface area contributed by atoms with Gasteiger partial charge in [-0.3, -0.25) is 0 Å². The maximum absolute atomic E-state index is 6.08. The Bertz CT molecular complexity index is 585. The van der Waals surface area contributed by atoms with E-state index >= 15 is 0 Å². The molecule has 1 unspecified atom stereocenters. The molecule has 1 heterocycles. The van der Waals surface area contributed by atoms with E-state index in [4.69, 9.17) is 15.2 Å². The van der Waals surface area contributed by atoms with Crippen LogP contribution in [0, 0.1) is 0 Å². The minimum absolute atomic E-state index is 0.135. The van der Waals surface area contributed by atoms with Crippen molar-refractivity contribution in [1.82, 2.24) is 0 Å². The Morgan fingerprint density at radius 1 is 1.33 bits per heavy atom. The third kappa shape index (κ3) is 4.73. The summed E-state index contributed by atoms with van der Waals surface area (Å²) in [5, 5.41) is 2.06. The first kappa shape index (κ1) is 16.3. The van der Waals surface area contributed by atoms with E-state index in [1.165, 1.54) is 4.88 Å². The van der Waals surface area contributed by atoms with Crippen molar-refractivity contribution in [3.05, 3.63) is 44.6 Å². The number of ether oxygens (including phenoxy) is 2. The summed E-state index contributed by atoms with van der Waals surface area (Å²) in [7, 11) is 1.67. The average molecular weight is 370 g/mol. The van der Waals surface area contributed by atoms with Gasteiger partial charge >= 0.3 is 0 Å². The molecule has 0 aliphatic heterocycles. The van der Waals surface area contributed by atoms with Gasteiger partial charge in [-0.15, -0.1) is 11.3 Å². The molecule has 1 aromatic heterocycles. The molecule has 0 saturated carbocycles. The van der Waals surface area contributed by atoms with E-state index in [2.05, 4.69) is 34.3 Å². The summed E-state index contributed by atoms with van der Waals surface area (Å²) in [6, 6.07) is 8.09. The molecular formula is C16H20BrNO2S. The topological polar surface area (TPSA) is 44.5 Å². The van der Waals surface area contributed by atoms with Crippen LogP contribution in [0.5, 0.6) is 11.5 Å². The second kappa shape index (κ2) is 7.82. The molecule has 0 spiro atoms. The second-order valence-corrected chi connectivity index (χ2v) is 6.78. The van der Waals surface area contributed by atoms with Crippen LogP contribution in [0.1, 0.15) is 23.8 Å². The lowest BCUT2D eigenvalue weighted by molar-refractivity contribution is 0.304. The molecule has 2 N–H and O–H groups in total. The average Bonchev–Trinajstić information content (AvgIpc) is 2.91. The van der Waals surface area contributed by atoms with Crippen LogP contribution in [0.15, 0.2) is 34.1 Å². The molecule has 0 aliphatic carbocycles. The lowest BCUT2D eigenvalue weighted by Gasteiger charge is -2.15. The Hall–Kier alpha value is -1.04. The number of rotatable bonds is 7. The fourth-order valence-corrected chi connectivity index (χ4v) is 3.35. The molecule has 2 aromatic rings. The van der Waals surface area contributed by atoms with E-state index in [0.717, 1.165) is 34.4 Å². The molecule has 5 heteroatoms. The lowest BCUT2D eigenvalue weighted by Crippen LogP contribution is -2.21. The Balaban J connectivity index is 2.12. The van der Waals surface area contributed by atoms with Crippen LogP contribution in [0.4, 0.5) is 0 Å². The number of hydrogen-bond donors (Lipinski definition) is 1. The van der Waals surface area contributed by atoms with E-state index < -0.39 is 0 Å². The van der Waals surface area contributed by atoms with E-state index in [1.54, 1.807) is 18.4 Å². The number of halogens is 1. The Labute approximate surface area is 138 Å². The van der Waals surface area contributed by atoms with Crippen LogP contribution < -0.4 is 15.2 Å². The van der Waals surface area contributed by atoms with Crippen LogP contribution in [0.2, 0.25) is 0 Å². The van der Waals surface area contributed by atoms with Crippen molar-refractivity contribution in [3.63, 3.8) is 0 Å². The van der Waals surface area contributed by atoms with Gasteiger partial charge < -0.3 is 15.2 Å². The van der Waals surface area contributed by atoms with Crippen LogP contribution in [0.25, 0.3) is 0 Å². The molecule has 0 amide bonds. The molecule has 0 saturated heterocycles. The summed E-state index contributed by atoms with van der Waals surface area (Å²) in [6.07, 6.45) is 1.73. The van der Waals surface area contributed by atoms with E-state index in [1.807, 2.05) is 18.2 Å². The largest absolute Gasteiger partial charge is 0.497 e. The number of hydrogen-bond acceptors (Lipinski definition) is 4. The predicted octanol–water partition coefficient (Wildman–Crippen LogP) is 4.38. The third-order valence-corrected chi connectivity index (χ3v) is 4.94. The molecule has 3 nitrogen and oxygen atoms in total. The first-order chi connectivity index (χ1) is 10.1. The van der Waals surface area contributed by atoms with E-state index in [-0.39, 0.29) is 6.04 Å². The number of benzene rings is 1. The zero-order valence-corrected chi connectivity index (χ0v) is 14.7. The van der Waals surface area contributed by atoms with Crippen molar-refractivity contribution in [3.8, 4) is 11.5 Å². The van der Waals surface area contributed by atoms with E-state index in [0.29, 0.717) is 6.61 Å². The minimum Gasteiger partial charge on any atom is -0.497 e. The van der Waals surface area contributed by atoms with Gasteiger partial charge in [-0.25, -0.2) is 0 Å². The molecular weight excluding hydrogens is 350 g/mol. The maximum Gasteiger partial charge on any atom is 0.123 e. The highest BCUT2D eigenvalue weighted by atomic mass is 79.9. The zero-order chi connectivity index (χ0) is 15.2. The fraction of sp³-hybridized carbons (Fsp3) is 0.375. The van der Waals surface area contributed by atoms with Gasteiger partial charge in [-0.05, 0) is 58.6 Å². The predicted molar refractivity (Wildman–Crippen MR) is 91.3 cm³/mol. The molecule has 1 aromatic carbocycles. The molecule has 21 heavy (non-hydrogen) atoms. The highest BCUT2D eigenvalue weighted by Gasteiger charge is 2.10. The monoisotopic (exact) mass is 369 g/mol. The normalized spacial score (nSPS) is 12.2. The van der Waals surface area contributed by atoms with Crippen molar-refractivity contribution >= 4 is 27.3 Å². The first-order valence-corrected chi connectivity index (χ1v) is 8.57. The summed E-state index contributed by atoms with van der Waals surface area (Å²) < 4.78 is 12.3. The van der Waals surface area contributed by atoms with Gasteiger partial charge in [0, 0.05) is 20.8 Å². The van der Waals surface area contributed by atoms with E-state index in [9.17, 15) is 0 Å². The van der Waals surface area contributed by atoms with Crippen molar-refractivity contribution < 1.29 is 9.47 Å². The highest BCUT2D eigenvalue weighted by Crippen LogP contribution is 2.28. The van der Waals surface area contributed by atoms with Gasteiger partial charge in [-0.1, -0.05) is 6.92 Å². The van der Waals surface area contributed by atoms with Crippen LogP contribution in [0.3, 0.4) is 0 Å². The summed E-state index contributed by atoms with van der Waals surface area (Å²) in [5.74, 6) is 1.71. The van der Waals surface area contributed by atoms with Gasteiger partial charge in [0.05, 0.1) is 7.11 Å². The van der Waals surface area contributed by atoms with Crippen molar-refractivity contribution in [1.29, 1.82) is 0 Å². The molecule has 2 rings (SSSR count). The smallest absolute Gasteiger partial charge is 0.123 e. The van der Waals surface area contributed by atoms with Crippen molar-refractivity contribution in [2.24, 2.45) is 5.73 Å². The van der Waals surface area contributed by atoms with Gasteiger partial charge in [0.2, 0.25) is 0 Å². The first-order valence-electron chi connectivity index (χ1n) is 6.90. The molecule has 114 valence electrons. The highest BCUT2D eigenvalue weighted by molar-refractivity contribution is 9.10.